The molecule has 4 unspecified atom stereocenters. The maximum Gasteiger partial charge on any atom is 0.0580 e. The summed E-state index contributed by atoms with van der Waals surface area (Å²) in [4.78, 5) is 2.42. The van der Waals surface area contributed by atoms with Crippen molar-refractivity contribution in [3.8, 4) is 0 Å². The molecule has 0 saturated heterocycles. The Bertz CT molecular complexity index is 207. The van der Waals surface area contributed by atoms with Gasteiger partial charge in [0.1, 0.15) is 0 Å². The van der Waals surface area contributed by atoms with Crippen molar-refractivity contribution in [3.05, 3.63) is 0 Å². The summed E-state index contributed by atoms with van der Waals surface area (Å²) in [5.74, 6) is 2.12. The maximum absolute atomic E-state index is 10.1. The molecule has 1 aliphatic carbocycles. The van der Waals surface area contributed by atoms with E-state index in [1.54, 1.807) is 0 Å². The van der Waals surface area contributed by atoms with Crippen LogP contribution in [-0.2, 0) is 0 Å². The first kappa shape index (κ1) is 15.0. The van der Waals surface area contributed by atoms with E-state index >= 15 is 0 Å². The highest BCUT2D eigenvalue weighted by atomic mass is 16.3. The van der Waals surface area contributed by atoms with Gasteiger partial charge in [-0.15, -0.1) is 0 Å². The number of hydrogen-bond donors (Lipinski definition) is 1. The minimum atomic E-state index is -0.0582. The Morgan fingerprint density at radius 3 is 2.59 bits per heavy atom. The zero-order valence-corrected chi connectivity index (χ0v) is 12.2. The van der Waals surface area contributed by atoms with Crippen molar-refractivity contribution >= 4 is 0 Å². The van der Waals surface area contributed by atoms with Gasteiger partial charge in [0, 0.05) is 13.1 Å². The van der Waals surface area contributed by atoms with Gasteiger partial charge in [-0.05, 0) is 44.1 Å². The minimum Gasteiger partial charge on any atom is -0.393 e. The zero-order valence-electron chi connectivity index (χ0n) is 12.2. The van der Waals surface area contributed by atoms with Crippen LogP contribution in [-0.4, -0.2) is 36.2 Å². The molecule has 0 amide bonds. The van der Waals surface area contributed by atoms with Crippen LogP contribution in [0.25, 0.3) is 0 Å². The summed E-state index contributed by atoms with van der Waals surface area (Å²) in [6.45, 7) is 9.07. The molecule has 1 rings (SSSR count). The molecule has 0 aliphatic heterocycles. The van der Waals surface area contributed by atoms with Gasteiger partial charge < -0.3 is 10.0 Å². The van der Waals surface area contributed by atoms with Crippen molar-refractivity contribution in [2.75, 3.05) is 20.1 Å². The first-order chi connectivity index (χ1) is 8.06. The van der Waals surface area contributed by atoms with E-state index in [4.69, 9.17) is 0 Å². The first-order valence-electron chi connectivity index (χ1n) is 7.43. The van der Waals surface area contributed by atoms with Crippen LogP contribution in [0.15, 0.2) is 0 Å². The van der Waals surface area contributed by atoms with Crippen LogP contribution >= 0.6 is 0 Å². The van der Waals surface area contributed by atoms with Crippen LogP contribution in [0.5, 0.6) is 0 Å². The van der Waals surface area contributed by atoms with Crippen LogP contribution in [0, 0.1) is 17.8 Å². The Kier molecular flexibility index (Phi) is 6.50. The summed E-state index contributed by atoms with van der Waals surface area (Å²) in [6, 6.07) is 0. The molecule has 1 saturated carbocycles. The zero-order chi connectivity index (χ0) is 12.8. The third-order valence-corrected chi connectivity index (χ3v) is 4.49. The van der Waals surface area contributed by atoms with Gasteiger partial charge in [-0.3, -0.25) is 0 Å². The summed E-state index contributed by atoms with van der Waals surface area (Å²) < 4.78 is 0. The lowest BCUT2D eigenvalue weighted by Crippen LogP contribution is -2.38. The third kappa shape index (κ3) is 4.97. The van der Waals surface area contributed by atoms with Crippen molar-refractivity contribution in [1.82, 2.24) is 4.90 Å². The summed E-state index contributed by atoms with van der Waals surface area (Å²) >= 11 is 0. The Morgan fingerprint density at radius 2 is 2.00 bits per heavy atom. The van der Waals surface area contributed by atoms with Crippen molar-refractivity contribution in [3.63, 3.8) is 0 Å². The number of aliphatic hydroxyl groups excluding tert-OH is 1. The monoisotopic (exact) mass is 241 g/mol. The maximum atomic E-state index is 10.1. The van der Waals surface area contributed by atoms with Gasteiger partial charge in [0.2, 0.25) is 0 Å². The molecule has 0 aromatic heterocycles. The second kappa shape index (κ2) is 7.38. The van der Waals surface area contributed by atoms with Crippen LogP contribution in [0.4, 0.5) is 0 Å². The van der Waals surface area contributed by atoms with E-state index in [2.05, 4.69) is 32.7 Å². The van der Waals surface area contributed by atoms with Crippen molar-refractivity contribution in [2.45, 2.75) is 59.0 Å². The average molecular weight is 241 g/mol. The van der Waals surface area contributed by atoms with Gasteiger partial charge in [-0.25, -0.2) is 0 Å². The molecule has 1 N–H and O–H groups in total. The van der Waals surface area contributed by atoms with E-state index < -0.39 is 0 Å². The van der Waals surface area contributed by atoms with Gasteiger partial charge in [-0.2, -0.15) is 0 Å². The summed E-state index contributed by atoms with van der Waals surface area (Å²) in [7, 11) is 2.20. The van der Waals surface area contributed by atoms with Gasteiger partial charge in [0.05, 0.1) is 6.10 Å². The molecule has 2 heteroatoms. The fraction of sp³-hybridized carbons (Fsp3) is 1.00. The van der Waals surface area contributed by atoms with E-state index in [0.717, 1.165) is 31.3 Å². The van der Waals surface area contributed by atoms with Crippen LogP contribution in [0.2, 0.25) is 0 Å². The van der Waals surface area contributed by atoms with E-state index in [-0.39, 0.29) is 6.10 Å². The highest BCUT2D eigenvalue weighted by molar-refractivity contribution is 4.81. The fourth-order valence-corrected chi connectivity index (χ4v) is 3.05. The Hall–Kier alpha value is -0.0800. The van der Waals surface area contributed by atoms with Gasteiger partial charge in [0.15, 0.2) is 0 Å². The first-order valence-corrected chi connectivity index (χ1v) is 7.43. The van der Waals surface area contributed by atoms with Crippen molar-refractivity contribution in [1.29, 1.82) is 0 Å². The van der Waals surface area contributed by atoms with Crippen molar-refractivity contribution in [2.24, 2.45) is 17.8 Å². The normalized spacial score (nSPS) is 31.8. The lowest BCUT2D eigenvalue weighted by Gasteiger charge is -2.35. The molecule has 4 atom stereocenters. The van der Waals surface area contributed by atoms with E-state index in [1.165, 1.54) is 25.7 Å². The lowest BCUT2D eigenvalue weighted by molar-refractivity contribution is 0.0290. The Balaban J connectivity index is 2.37. The molecule has 0 radical (unpaired) electrons. The van der Waals surface area contributed by atoms with Gasteiger partial charge in [0.25, 0.3) is 0 Å². The summed E-state index contributed by atoms with van der Waals surface area (Å²) in [5, 5.41) is 10.1. The molecule has 0 aromatic carbocycles. The third-order valence-electron chi connectivity index (χ3n) is 4.49. The second-order valence-electron chi connectivity index (χ2n) is 6.15. The van der Waals surface area contributed by atoms with Gasteiger partial charge in [-0.1, -0.05) is 33.6 Å². The number of rotatable bonds is 6. The van der Waals surface area contributed by atoms with Crippen LogP contribution < -0.4 is 0 Å². The van der Waals surface area contributed by atoms with Gasteiger partial charge >= 0.3 is 0 Å². The molecular weight excluding hydrogens is 210 g/mol. The molecular formula is C15H31NO. The molecule has 0 heterocycles. The molecule has 1 aliphatic rings. The fourth-order valence-electron chi connectivity index (χ4n) is 3.05. The topological polar surface area (TPSA) is 23.5 Å². The highest BCUT2D eigenvalue weighted by Gasteiger charge is 2.29. The van der Waals surface area contributed by atoms with Crippen LogP contribution in [0.3, 0.4) is 0 Å². The number of nitrogens with zero attached hydrogens (tertiary/aromatic N) is 1. The standard InChI is InChI=1S/C15H31NO/c1-5-12(3)10-16(4)11-14-9-13(6-2)7-8-15(14)17/h12-15,17H,5-11H2,1-4H3. The summed E-state index contributed by atoms with van der Waals surface area (Å²) in [5.41, 5.74) is 0. The number of aliphatic hydroxyl groups is 1. The number of hydrogen-bond acceptors (Lipinski definition) is 2. The smallest absolute Gasteiger partial charge is 0.0580 e. The Labute approximate surface area is 107 Å². The molecule has 0 aromatic rings. The predicted molar refractivity (Wildman–Crippen MR) is 74.1 cm³/mol. The lowest BCUT2D eigenvalue weighted by atomic mass is 9.78. The molecule has 102 valence electrons. The highest BCUT2D eigenvalue weighted by Crippen LogP contribution is 2.31. The molecule has 0 spiro atoms. The van der Waals surface area contributed by atoms with E-state index in [1.807, 2.05) is 0 Å². The van der Waals surface area contributed by atoms with Crippen molar-refractivity contribution < 1.29 is 5.11 Å². The van der Waals surface area contributed by atoms with E-state index in [0.29, 0.717) is 5.92 Å². The van der Waals surface area contributed by atoms with Crippen LogP contribution in [0.1, 0.15) is 52.9 Å². The molecule has 17 heavy (non-hydrogen) atoms. The van der Waals surface area contributed by atoms with E-state index in [9.17, 15) is 5.11 Å². The minimum absolute atomic E-state index is 0.0582. The largest absolute Gasteiger partial charge is 0.393 e. The SMILES string of the molecule is CCC(C)CN(C)CC1CC(CC)CCC1O. The Morgan fingerprint density at radius 1 is 1.29 bits per heavy atom. The quantitative estimate of drug-likeness (QED) is 0.772. The molecule has 0 bridgehead atoms. The summed E-state index contributed by atoms with van der Waals surface area (Å²) in [6.07, 6.45) is 5.93. The second-order valence-corrected chi connectivity index (χ2v) is 6.15. The molecule has 1 fully saturated rings. The molecule has 2 nitrogen and oxygen atoms in total. The average Bonchev–Trinajstić information content (AvgIpc) is 2.31. The predicted octanol–water partition coefficient (Wildman–Crippen LogP) is 3.15.